The first kappa shape index (κ1) is 7.84. The fourth-order valence-electron chi connectivity index (χ4n) is 3.46. The van der Waals surface area contributed by atoms with E-state index in [4.69, 9.17) is 4.74 Å². The van der Waals surface area contributed by atoms with Crippen LogP contribution in [0.2, 0.25) is 0 Å². The van der Waals surface area contributed by atoms with Crippen LogP contribution in [-0.2, 0) is 9.53 Å². The lowest BCUT2D eigenvalue weighted by molar-refractivity contribution is -0.155. The van der Waals surface area contributed by atoms with Crippen LogP contribution in [0.4, 0.5) is 0 Å². The third-order valence-corrected chi connectivity index (χ3v) is 4.01. The van der Waals surface area contributed by atoms with E-state index in [-0.39, 0.29) is 18.0 Å². The van der Waals surface area contributed by atoms with Crippen molar-refractivity contribution >= 4 is 5.97 Å². The van der Waals surface area contributed by atoms with Gasteiger partial charge in [-0.05, 0) is 50.4 Å². The Bertz CT molecular complexity index is 234. The summed E-state index contributed by atoms with van der Waals surface area (Å²) in [5.74, 6) is 2.00. The third-order valence-electron chi connectivity index (χ3n) is 4.01. The molecule has 2 heteroatoms. The highest BCUT2D eigenvalue weighted by Crippen LogP contribution is 2.44. The molecule has 3 rings (SSSR count). The van der Waals surface area contributed by atoms with Gasteiger partial charge in [0.1, 0.15) is 6.10 Å². The molecule has 2 nitrogen and oxygen atoms in total. The first-order valence-electron chi connectivity index (χ1n) is 5.52. The van der Waals surface area contributed by atoms with Gasteiger partial charge in [0.15, 0.2) is 0 Å². The summed E-state index contributed by atoms with van der Waals surface area (Å²) in [6.07, 6.45) is 7.44. The van der Waals surface area contributed by atoms with E-state index < -0.39 is 0 Å². The van der Waals surface area contributed by atoms with E-state index >= 15 is 0 Å². The van der Waals surface area contributed by atoms with Crippen LogP contribution in [0.3, 0.4) is 0 Å². The number of fused-ring (bicyclic) bond motifs is 3. The van der Waals surface area contributed by atoms with Crippen LogP contribution >= 0.6 is 0 Å². The molecule has 3 aliphatic rings. The highest BCUT2D eigenvalue weighted by molar-refractivity contribution is 5.73. The predicted octanol–water partition coefficient (Wildman–Crippen LogP) is 2.13. The van der Waals surface area contributed by atoms with E-state index in [1.165, 1.54) is 12.8 Å². The molecule has 0 N–H and O–H groups in total. The summed E-state index contributed by atoms with van der Waals surface area (Å²) in [6.45, 7) is 0. The highest BCUT2D eigenvalue weighted by atomic mass is 16.5. The van der Waals surface area contributed by atoms with Crippen LogP contribution in [0.25, 0.3) is 0 Å². The molecule has 4 atom stereocenters. The molecule has 4 bridgehead atoms. The Morgan fingerprint density at radius 2 is 1.85 bits per heavy atom. The summed E-state index contributed by atoms with van der Waals surface area (Å²) >= 11 is 0. The van der Waals surface area contributed by atoms with Gasteiger partial charge in [-0.3, -0.25) is 4.79 Å². The van der Waals surface area contributed by atoms with Crippen molar-refractivity contribution in [3.8, 4) is 0 Å². The Labute approximate surface area is 78.6 Å². The Morgan fingerprint density at radius 1 is 1.00 bits per heavy atom. The van der Waals surface area contributed by atoms with Gasteiger partial charge in [-0.1, -0.05) is 0 Å². The van der Waals surface area contributed by atoms with Gasteiger partial charge in [0.2, 0.25) is 0 Å². The molecular formula is C11H16O2. The smallest absolute Gasteiger partial charge is 0.309 e. The van der Waals surface area contributed by atoms with E-state index in [1.807, 2.05) is 0 Å². The number of hydrogen-bond acceptors (Lipinski definition) is 2. The largest absolute Gasteiger partial charge is 0.462 e. The second-order valence-corrected chi connectivity index (χ2v) is 5.01. The van der Waals surface area contributed by atoms with E-state index in [0.717, 1.165) is 37.5 Å². The van der Waals surface area contributed by atoms with Crippen LogP contribution in [0.1, 0.15) is 38.5 Å². The second-order valence-electron chi connectivity index (χ2n) is 5.01. The lowest BCUT2D eigenvalue weighted by Crippen LogP contribution is -2.28. The van der Waals surface area contributed by atoms with Gasteiger partial charge < -0.3 is 4.74 Å². The Kier molecular flexibility index (Phi) is 1.64. The number of carbonyl (C=O) groups is 1. The van der Waals surface area contributed by atoms with Gasteiger partial charge in [-0.25, -0.2) is 0 Å². The van der Waals surface area contributed by atoms with Gasteiger partial charge >= 0.3 is 5.97 Å². The van der Waals surface area contributed by atoms with E-state index in [2.05, 4.69) is 0 Å². The molecule has 1 heterocycles. The molecule has 1 saturated heterocycles. The fourth-order valence-corrected chi connectivity index (χ4v) is 3.46. The van der Waals surface area contributed by atoms with Crippen LogP contribution in [-0.4, -0.2) is 12.1 Å². The standard InChI is InChI=1S/C11H16O2/c12-11-9-4-7-1-2-10(13-11)6-8(3-7)5-9/h7-10H,1-6H2. The van der Waals surface area contributed by atoms with E-state index in [1.54, 1.807) is 0 Å². The van der Waals surface area contributed by atoms with Crippen molar-refractivity contribution in [1.29, 1.82) is 0 Å². The Balaban J connectivity index is 1.93. The molecule has 0 aromatic heterocycles. The summed E-state index contributed by atoms with van der Waals surface area (Å²) in [6, 6.07) is 0. The highest BCUT2D eigenvalue weighted by Gasteiger charge is 2.41. The van der Waals surface area contributed by atoms with Crippen LogP contribution in [0, 0.1) is 17.8 Å². The second kappa shape index (κ2) is 2.73. The third kappa shape index (κ3) is 1.27. The lowest BCUT2D eigenvalue weighted by atomic mass is 9.75. The van der Waals surface area contributed by atoms with Crippen LogP contribution in [0.15, 0.2) is 0 Å². The zero-order valence-corrected chi connectivity index (χ0v) is 7.87. The molecule has 72 valence electrons. The fraction of sp³-hybridized carbons (Fsp3) is 0.909. The molecule has 0 aromatic rings. The average molecular weight is 180 g/mol. The number of carbonyl (C=O) groups excluding carboxylic acids is 1. The lowest BCUT2D eigenvalue weighted by Gasteiger charge is -2.30. The summed E-state index contributed by atoms with van der Waals surface area (Å²) in [5.41, 5.74) is 0. The quantitative estimate of drug-likeness (QED) is 0.534. The van der Waals surface area contributed by atoms with Crippen molar-refractivity contribution in [3.63, 3.8) is 0 Å². The van der Waals surface area contributed by atoms with Gasteiger partial charge in [0, 0.05) is 0 Å². The zero-order chi connectivity index (χ0) is 8.84. The maximum absolute atomic E-state index is 11.6. The minimum atomic E-state index is 0.108. The van der Waals surface area contributed by atoms with Gasteiger partial charge in [-0.2, -0.15) is 0 Å². The minimum absolute atomic E-state index is 0.108. The molecule has 0 amide bonds. The van der Waals surface area contributed by atoms with Crippen molar-refractivity contribution in [2.24, 2.45) is 17.8 Å². The van der Waals surface area contributed by atoms with Crippen LogP contribution < -0.4 is 0 Å². The Morgan fingerprint density at radius 3 is 2.77 bits per heavy atom. The number of ether oxygens (including phenoxy) is 1. The molecule has 13 heavy (non-hydrogen) atoms. The van der Waals surface area contributed by atoms with E-state index in [9.17, 15) is 4.79 Å². The van der Waals surface area contributed by atoms with Crippen molar-refractivity contribution in [2.75, 3.05) is 0 Å². The summed E-state index contributed by atoms with van der Waals surface area (Å²) in [4.78, 5) is 11.6. The average Bonchev–Trinajstić information content (AvgIpc) is 2.30. The molecule has 2 aliphatic carbocycles. The summed E-state index contributed by atoms with van der Waals surface area (Å²) in [7, 11) is 0. The number of rotatable bonds is 0. The van der Waals surface area contributed by atoms with Gasteiger partial charge in [0.25, 0.3) is 0 Å². The zero-order valence-electron chi connectivity index (χ0n) is 7.87. The Hall–Kier alpha value is -0.530. The number of hydrogen-bond donors (Lipinski definition) is 0. The monoisotopic (exact) mass is 180 g/mol. The molecule has 0 spiro atoms. The van der Waals surface area contributed by atoms with Gasteiger partial charge in [-0.15, -0.1) is 0 Å². The summed E-state index contributed by atoms with van der Waals surface area (Å²) < 4.78 is 5.47. The molecule has 1 aliphatic heterocycles. The summed E-state index contributed by atoms with van der Waals surface area (Å²) in [5, 5.41) is 0. The molecule has 4 unspecified atom stereocenters. The maximum atomic E-state index is 11.6. The molecular weight excluding hydrogens is 164 g/mol. The normalized spacial score (nSPS) is 48.5. The van der Waals surface area contributed by atoms with E-state index in [0.29, 0.717) is 0 Å². The predicted molar refractivity (Wildman–Crippen MR) is 48.1 cm³/mol. The topological polar surface area (TPSA) is 26.3 Å². The molecule has 0 radical (unpaired) electrons. The molecule has 0 aromatic carbocycles. The first-order chi connectivity index (χ1) is 6.31. The minimum Gasteiger partial charge on any atom is -0.462 e. The molecule has 3 fully saturated rings. The SMILES string of the molecule is O=C1OC2CCC3CC(C2)CC1C3. The molecule has 2 saturated carbocycles. The van der Waals surface area contributed by atoms with Crippen molar-refractivity contribution < 1.29 is 9.53 Å². The van der Waals surface area contributed by atoms with Crippen molar-refractivity contribution in [1.82, 2.24) is 0 Å². The van der Waals surface area contributed by atoms with Crippen LogP contribution in [0.5, 0.6) is 0 Å². The first-order valence-corrected chi connectivity index (χ1v) is 5.52. The number of esters is 1. The van der Waals surface area contributed by atoms with Gasteiger partial charge in [0.05, 0.1) is 5.92 Å². The van der Waals surface area contributed by atoms with Crippen molar-refractivity contribution in [3.05, 3.63) is 0 Å². The maximum Gasteiger partial charge on any atom is 0.309 e. The van der Waals surface area contributed by atoms with Crippen molar-refractivity contribution in [2.45, 2.75) is 44.6 Å².